The molecule has 0 aromatic rings. The summed E-state index contributed by atoms with van der Waals surface area (Å²) >= 11 is 0. The van der Waals surface area contributed by atoms with Gasteiger partial charge in [-0.05, 0) is 77.3 Å². The zero-order chi connectivity index (χ0) is 23.2. The Kier molecular flexibility index (Phi) is 10.6. The van der Waals surface area contributed by atoms with Gasteiger partial charge in [0.1, 0.15) is 12.2 Å². The maximum Gasteiger partial charge on any atom is 0.315 e. The highest BCUT2D eigenvalue weighted by Gasteiger charge is 2.46. The first kappa shape index (κ1) is 27.8. The van der Waals surface area contributed by atoms with Crippen molar-refractivity contribution >= 4 is 33.8 Å². The maximum atomic E-state index is 7.00. The van der Waals surface area contributed by atoms with E-state index >= 15 is 0 Å². The van der Waals surface area contributed by atoms with E-state index in [1.54, 1.807) is 0 Å². The Hall–Kier alpha value is 0.588. The van der Waals surface area contributed by atoms with E-state index in [0.717, 1.165) is 51.4 Å². The third-order valence-electron chi connectivity index (χ3n) is 4.73. The summed E-state index contributed by atoms with van der Waals surface area (Å²) in [5.41, 5.74) is 0. The largest absolute Gasteiger partial charge is 0.437 e. The first-order valence-electron chi connectivity index (χ1n) is 11.8. The van der Waals surface area contributed by atoms with Crippen LogP contribution in [0.15, 0.2) is 0 Å². The van der Waals surface area contributed by atoms with Crippen LogP contribution in [0.25, 0.3) is 0 Å². The molecular formula is C20H46O7Si4. The summed E-state index contributed by atoms with van der Waals surface area (Å²) < 4.78 is 42.5. The predicted molar refractivity (Wildman–Crippen MR) is 133 cm³/mol. The van der Waals surface area contributed by atoms with Crippen LogP contribution in [0, 0.1) is 0 Å². The molecule has 7 nitrogen and oxygen atoms in total. The Labute approximate surface area is 194 Å². The molecule has 0 aliphatic carbocycles. The van der Waals surface area contributed by atoms with E-state index in [-0.39, 0.29) is 0 Å². The minimum Gasteiger partial charge on any atom is -0.437 e. The van der Waals surface area contributed by atoms with Gasteiger partial charge >= 0.3 is 17.1 Å². The molecule has 11 heteroatoms. The predicted octanol–water partition coefficient (Wildman–Crippen LogP) is 4.46. The second-order valence-corrected chi connectivity index (χ2v) is 27.5. The molecule has 0 N–H and O–H groups in total. The molecule has 0 aromatic carbocycles. The molecule has 0 bridgehead atoms. The van der Waals surface area contributed by atoms with Crippen LogP contribution in [0.4, 0.5) is 0 Å². The van der Waals surface area contributed by atoms with Crippen LogP contribution < -0.4 is 0 Å². The minimum atomic E-state index is -2.41. The molecule has 4 atom stereocenters. The van der Waals surface area contributed by atoms with Gasteiger partial charge in [-0.15, -0.1) is 0 Å². The highest BCUT2D eigenvalue weighted by molar-refractivity contribution is 6.89. The fourth-order valence-corrected chi connectivity index (χ4v) is 22.1. The van der Waals surface area contributed by atoms with E-state index in [2.05, 4.69) is 52.4 Å². The van der Waals surface area contributed by atoms with Crippen molar-refractivity contribution < 1.29 is 31.3 Å². The van der Waals surface area contributed by atoms with E-state index in [0.29, 0.717) is 25.4 Å². The highest BCUT2D eigenvalue weighted by atomic mass is 28.5. The van der Waals surface area contributed by atoms with E-state index in [9.17, 15) is 0 Å². The topological polar surface area (TPSA) is 71.2 Å². The van der Waals surface area contributed by atoms with Gasteiger partial charge in [-0.3, -0.25) is 0 Å². The normalized spacial score (nSPS) is 25.2. The Morgan fingerprint density at radius 3 is 1.26 bits per heavy atom. The van der Waals surface area contributed by atoms with Gasteiger partial charge in [0.05, 0.1) is 26.4 Å². The zero-order valence-corrected chi connectivity index (χ0v) is 25.1. The van der Waals surface area contributed by atoms with E-state index < -0.39 is 33.8 Å². The quantitative estimate of drug-likeness (QED) is 0.153. The second kappa shape index (κ2) is 11.8. The fraction of sp³-hybridized carbons (Fsp3) is 1.00. The van der Waals surface area contributed by atoms with Gasteiger partial charge in [-0.2, -0.15) is 0 Å². The summed E-state index contributed by atoms with van der Waals surface area (Å²) in [5.74, 6) is 0. The monoisotopic (exact) mass is 510 g/mol. The SMILES string of the molecule is C[Si](C)(C)O[Si](C)(CCCOC[C@@H]1CO1)O[Si](C)(CCCOC[C@H]1CO1)O[Si](C)(C)C. The molecule has 2 aliphatic heterocycles. The summed E-state index contributed by atoms with van der Waals surface area (Å²) in [5, 5.41) is 0. The molecule has 31 heavy (non-hydrogen) atoms. The summed E-state index contributed by atoms with van der Waals surface area (Å²) in [6.07, 6.45) is 2.52. The van der Waals surface area contributed by atoms with E-state index in [4.69, 9.17) is 31.3 Å². The number of hydrogen-bond acceptors (Lipinski definition) is 7. The van der Waals surface area contributed by atoms with Crippen molar-refractivity contribution in [2.24, 2.45) is 0 Å². The third-order valence-corrected chi connectivity index (χ3v) is 19.1. The zero-order valence-electron chi connectivity index (χ0n) is 21.1. The standard InChI is InChI=1S/C20H46O7Si4/c1-28(2,3)25-30(7,13-9-11-21-15-19-17-23-19)27-31(8,26-29(4,5)6)14-10-12-22-16-20-18-24-20/h19-20H,9-18H2,1-8H3/t19-,20+,30?,31?. The lowest BCUT2D eigenvalue weighted by atomic mass is 10.5. The lowest BCUT2D eigenvalue weighted by Gasteiger charge is -2.43. The third kappa shape index (κ3) is 13.8. The molecule has 184 valence electrons. The van der Waals surface area contributed by atoms with Gasteiger partial charge in [-0.25, -0.2) is 0 Å². The summed E-state index contributed by atoms with van der Waals surface area (Å²) in [4.78, 5) is 0. The van der Waals surface area contributed by atoms with Crippen molar-refractivity contribution in [3.05, 3.63) is 0 Å². The molecule has 2 saturated heterocycles. The number of hydrogen-bond donors (Lipinski definition) is 0. The van der Waals surface area contributed by atoms with Crippen LogP contribution in [0.2, 0.25) is 64.5 Å². The van der Waals surface area contributed by atoms with Crippen LogP contribution in [0.1, 0.15) is 12.8 Å². The molecule has 2 heterocycles. The first-order valence-corrected chi connectivity index (χ1v) is 23.6. The highest BCUT2D eigenvalue weighted by Crippen LogP contribution is 2.30. The lowest BCUT2D eigenvalue weighted by molar-refractivity contribution is 0.114. The molecule has 0 radical (unpaired) electrons. The Balaban J connectivity index is 1.93. The second-order valence-electron chi connectivity index (χ2n) is 11.1. The van der Waals surface area contributed by atoms with Crippen LogP contribution >= 0.6 is 0 Å². The maximum absolute atomic E-state index is 7.00. The molecule has 0 saturated carbocycles. The van der Waals surface area contributed by atoms with Gasteiger partial charge in [0.25, 0.3) is 0 Å². The van der Waals surface area contributed by atoms with Crippen molar-refractivity contribution in [2.75, 3.05) is 39.6 Å². The van der Waals surface area contributed by atoms with Crippen molar-refractivity contribution in [3.63, 3.8) is 0 Å². The van der Waals surface area contributed by atoms with E-state index in [1.807, 2.05) is 0 Å². The molecule has 2 fully saturated rings. The molecule has 2 rings (SSSR count). The van der Waals surface area contributed by atoms with Crippen molar-refractivity contribution in [3.8, 4) is 0 Å². The number of rotatable bonds is 18. The fourth-order valence-electron chi connectivity index (χ4n) is 3.75. The summed E-state index contributed by atoms with van der Waals surface area (Å²) in [6.45, 7) is 22.5. The summed E-state index contributed by atoms with van der Waals surface area (Å²) in [7, 11) is -8.34. The smallest absolute Gasteiger partial charge is 0.315 e. The van der Waals surface area contributed by atoms with Crippen molar-refractivity contribution in [2.45, 2.75) is 89.5 Å². The van der Waals surface area contributed by atoms with Crippen LogP contribution in [0.3, 0.4) is 0 Å². The first-order chi connectivity index (χ1) is 14.3. The van der Waals surface area contributed by atoms with Gasteiger partial charge in [0.2, 0.25) is 0 Å². The van der Waals surface area contributed by atoms with Crippen LogP contribution in [-0.4, -0.2) is 85.6 Å². The Bertz CT molecular complexity index is 489. The van der Waals surface area contributed by atoms with Gasteiger partial charge in [0, 0.05) is 13.2 Å². The Morgan fingerprint density at radius 1 is 0.613 bits per heavy atom. The summed E-state index contributed by atoms with van der Waals surface area (Å²) in [6, 6.07) is 1.85. The Morgan fingerprint density at radius 2 is 0.968 bits per heavy atom. The van der Waals surface area contributed by atoms with Gasteiger partial charge in [-0.1, -0.05) is 0 Å². The molecule has 0 amide bonds. The minimum absolute atomic E-state index is 0.313. The average Bonchev–Trinajstić information content (AvgIpc) is 3.45. The molecule has 2 unspecified atom stereocenters. The van der Waals surface area contributed by atoms with E-state index in [1.165, 1.54) is 0 Å². The van der Waals surface area contributed by atoms with Crippen molar-refractivity contribution in [1.29, 1.82) is 0 Å². The van der Waals surface area contributed by atoms with Crippen LogP contribution in [0.5, 0.6) is 0 Å². The lowest BCUT2D eigenvalue weighted by Crippen LogP contribution is -2.58. The van der Waals surface area contributed by atoms with Gasteiger partial charge in [0.15, 0.2) is 16.6 Å². The molecular weight excluding hydrogens is 465 g/mol. The number of epoxide rings is 2. The molecule has 0 spiro atoms. The average molecular weight is 511 g/mol. The number of ether oxygens (including phenoxy) is 4. The molecule has 2 aliphatic rings. The van der Waals surface area contributed by atoms with Crippen molar-refractivity contribution in [1.82, 2.24) is 0 Å². The van der Waals surface area contributed by atoms with Gasteiger partial charge < -0.3 is 31.3 Å². The van der Waals surface area contributed by atoms with Crippen LogP contribution in [-0.2, 0) is 31.3 Å². The molecule has 0 aromatic heterocycles.